The molecule has 3 heteroatoms. The van der Waals surface area contributed by atoms with Crippen LogP contribution >= 0.6 is 15.9 Å². The summed E-state index contributed by atoms with van der Waals surface area (Å²) in [6.07, 6.45) is 0.904. The molecule has 0 bridgehead atoms. The summed E-state index contributed by atoms with van der Waals surface area (Å²) >= 11 is 3.40. The fourth-order valence-corrected chi connectivity index (χ4v) is 1.92. The molecule has 18 heavy (non-hydrogen) atoms. The van der Waals surface area contributed by atoms with Crippen LogP contribution < -0.4 is 10.5 Å². The summed E-state index contributed by atoms with van der Waals surface area (Å²) in [6, 6.07) is 16.2. The standard InChI is InChI=1S/C15H16BrNO/c16-14-5-7-15(8-6-14)18-10-9-12-1-3-13(11-17)4-2-12/h1-8H,9-11,17H2. The molecule has 0 spiro atoms. The maximum absolute atomic E-state index is 5.68. The summed E-state index contributed by atoms with van der Waals surface area (Å²) < 4.78 is 6.74. The minimum absolute atomic E-state index is 0.593. The first-order valence-electron chi connectivity index (χ1n) is 5.94. The Kier molecular flexibility index (Phi) is 4.79. The third-order valence-electron chi connectivity index (χ3n) is 2.73. The lowest BCUT2D eigenvalue weighted by molar-refractivity contribution is 0.322. The molecule has 0 aliphatic heterocycles. The van der Waals surface area contributed by atoms with Crippen LogP contribution in [0.4, 0.5) is 0 Å². The Morgan fingerprint density at radius 2 is 1.50 bits per heavy atom. The normalized spacial score (nSPS) is 10.3. The molecule has 0 unspecified atom stereocenters. The van der Waals surface area contributed by atoms with E-state index in [4.69, 9.17) is 10.5 Å². The molecule has 0 aliphatic rings. The van der Waals surface area contributed by atoms with Gasteiger partial charge in [-0.25, -0.2) is 0 Å². The zero-order valence-corrected chi connectivity index (χ0v) is 11.7. The molecule has 0 aliphatic carbocycles. The Balaban J connectivity index is 1.82. The van der Waals surface area contributed by atoms with E-state index >= 15 is 0 Å². The summed E-state index contributed by atoms with van der Waals surface area (Å²) in [5.74, 6) is 0.900. The molecule has 2 aromatic rings. The van der Waals surface area contributed by atoms with Gasteiger partial charge in [-0.3, -0.25) is 0 Å². The van der Waals surface area contributed by atoms with E-state index in [0.717, 1.165) is 22.2 Å². The lowest BCUT2D eigenvalue weighted by atomic mass is 10.1. The van der Waals surface area contributed by atoms with Gasteiger partial charge in [-0.2, -0.15) is 0 Å². The van der Waals surface area contributed by atoms with Crippen molar-refractivity contribution in [2.45, 2.75) is 13.0 Å². The first-order valence-corrected chi connectivity index (χ1v) is 6.73. The third kappa shape index (κ3) is 3.86. The van der Waals surface area contributed by atoms with Crippen LogP contribution in [0.15, 0.2) is 53.0 Å². The molecule has 2 nitrogen and oxygen atoms in total. The molecule has 0 saturated heterocycles. The van der Waals surface area contributed by atoms with E-state index in [1.165, 1.54) is 5.56 Å². The minimum atomic E-state index is 0.593. The lowest BCUT2D eigenvalue weighted by Crippen LogP contribution is -2.02. The van der Waals surface area contributed by atoms with Gasteiger partial charge < -0.3 is 10.5 Å². The number of hydrogen-bond acceptors (Lipinski definition) is 2. The van der Waals surface area contributed by atoms with Gasteiger partial charge in [0.1, 0.15) is 5.75 Å². The van der Waals surface area contributed by atoms with Crippen molar-refractivity contribution in [3.8, 4) is 5.75 Å². The van der Waals surface area contributed by atoms with Gasteiger partial charge in [-0.05, 0) is 35.4 Å². The molecular weight excluding hydrogens is 290 g/mol. The fourth-order valence-electron chi connectivity index (χ4n) is 1.66. The van der Waals surface area contributed by atoms with Crippen LogP contribution in [0.5, 0.6) is 5.75 Å². The van der Waals surface area contributed by atoms with E-state index in [2.05, 4.69) is 40.2 Å². The van der Waals surface area contributed by atoms with Gasteiger partial charge in [0.2, 0.25) is 0 Å². The average Bonchev–Trinajstić information content (AvgIpc) is 2.42. The van der Waals surface area contributed by atoms with Crippen molar-refractivity contribution in [2.24, 2.45) is 5.73 Å². The second-order valence-corrected chi connectivity index (χ2v) is 4.99. The Hall–Kier alpha value is -1.32. The summed E-state index contributed by atoms with van der Waals surface area (Å²) in [5, 5.41) is 0. The van der Waals surface area contributed by atoms with Crippen molar-refractivity contribution in [3.63, 3.8) is 0 Å². The molecule has 2 aromatic carbocycles. The minimum Gasteiger partial charge on any atom is -0.493 e. The van der Waals surface area contributed by atoms with Crippen LogP contribution in [0.1, 0.15) is 11.1 Å². The Bertz CT molecular complexity index is 479. The van der Waals surface area contributed by atoms with Crippen molar-refractivity contribution in [1.82, 2.24) is 0 Å². The first kappa shape index (κ1) is 13.1. The van der Waals surface area contributed by atoms with Gasteiger partial charge in [0.15, 0.2) is 0 Å². The second-order valence-electron chi connectivity index (χ2n) is 4.07. The smallest absolute Gasteiger partial charge is 0.119 e. The van der Waals surface area contributed by atoms with Gasteiger partial charge >= 0.3 is 0 Å². The number of nitrogens with two attached hydrogens (primary N) is 1. The van der Waals surface area contributed by atoms with E-state index in [-0.39, 0.29) is 0 Å². The molecule has 94 valence electrons. The Labute approximate surface area is 116 Å². The van der Waals surface area contributed by atoms with Crippen LogP contribution in [0, 0.1) is 0 Å². The van der Waals surface area contributed by atoms with Crippen molar-refractivity contribution in [3.05, 3.63) is 64.1 Å². The first-order chi connectivity index (χ1) is 8.78. The number of ether oxygens (including phenoxy) is 1. The number of hydrogen-bond donors (Lipinski definition) is 1. The number of benzene rings is 2. The van der Waals surface area contributed by atoms with E-state index in [9.17, 15) is 0 Å². The van der Waals surface area contributed by atoms with Crippen LogP contribution in [0.2, 0.25) is 0 Å². The van der Waals surface area contributed by atoms with Crippen molar-refractivity contribution in [1.29, 1.82) is 0 Å². The largest absolute Gasteiger partial charge is 0.493 e. The molecule has 0 aromatic heterocycles. The Morgan fingerprint density at radius 3 is 2.11 bits per heavy atom. The Morgan fingerprint density at radius 1 is 0.889 bits per heavy atom. The van der Waals surface area contributed by atoms with Crippen molar-refractivity contribution < 1.29 is 4.74 Å². The summed E-state index contributed by atoms with van der Waals surface area (Å²) in [7, 11) is 0. The highest BCUT2D eigenvalue weighted by molar-refractivity contribution is 9.10. The zero-order chi connectivity index (χ0) is 12.8. The maximum atomic E-state index is 5.68. The lowest BCUT2D eigenvalue weighted by Gasteiger charge is -2.06. The molecular formula is C15H16BrNO. The van der Waals surface area contributed by atoms with Gasteiger partial charge in [0.05, 0.1) is 6.61 Å². The third-order valence-corrected chi connectivity index (χ3v) is 3.26. The highest BCUT2D eigenvalue weighted by Gasteiger charge is 1.96. The van der Waals surface area contributed by atoms with E-state index < -0.39 is 0 Å². The number of halogens is 1. The van der Waals surface area contributed by atoms with Crippen LogP contribution in [0.3, 0.4) is 0 Å². The topological polar surface area (TPSA) is 35.2 Å². The molecule has 0 atom stereocenters. The quantitative estimate of drug-likeness (QED) is 0.917. The van der Waals surface area contributed by atoms with Gasteiger partial charge in [-0.1, -0.05) is 40.2 Å². The predicted molar refractivity (Wildman–Crippen MR) is 77.7 cm³/mol. The summed E-state index contributed by atoms with van der Waals surface area (Å²) in [6.45, 7) is 1.28. The summed E-state index contributed by atoms with van der Waals surface area (Å²) in [5.41, 5.74) is 7.99. The molecule has 0 saturated carbocycles. The highest BCUT2D eigenvalue weighted by Crippen LogP contribution is 2.16. The summed E-state index contributed by atoms with van der Waals surface area (Å²) in [4.78, 5) is 0. The highest BCUT2D eigenvalue weighted by atomic mass is 79.9. The van der Waals surface area contributed by atoms with Crippen LogP contribution in [-0.4, -0.2) is 6.61 Å². The monoisotopic (exact) mass is 305 g/mol. The van der Waals surface area contributed by atoms with Crippen LogP contribution in [-0.2, 0) is 13.0 Å². The SMILES string of the molecule is NCc1ccc(CCOc2ccc(Br)cc2)cc1. The zero-order valence-electron chi connectivity index (χ0n) is 10.1. The molecule has 0 heterocycles. The molecule has 0 amide bonds. The molecule has 2 N–H and O–H groups in total. The molecule has 2 rings (SSSR count). The number of rotatable bonds is 5. The predicted octanol–water partition coefficient (Wildman–Crippen LogP) is 3.53. The molecule has 0 fully saturated rings. The van der Waals surface area contributed by atoms with Crippen molar-refractivity contribution in [2.75, 3.05) is 6.61 Å². The second kappa shape index (κ2) is 6.57. The van der Waals surface area contributed by atoms with E-state index in [1.54, 1.807) is 0 Å². The van der Waals surface area contributed by atoms with Crippen molar-refractivity contribution >= 4 is 15.9 Å². The van der Waals surface area contributed by atoms with Gasteiger partial charge in [-0.15, -0.1) is 0 Å². The maximum Gasteiger partial charge on any atom is 0.119 e. The average molecular weight is 306 g/mol. The van der Waals surface area contributed by atoms with Gasteiger partial charge in [0, 0.05) is 17.4 Å². The van der Waals surface area contributed by atoms with Crippen LogP contribution in [0.25, 0.3) is 0 Å². The van der Waals surface area contributed by atoms with E-state index in [1.807, 2.05) is 24.3 Å². The molecule has 0 radical (unpaired) electrons. The van der Waals surface area contributed by atoms with Gasteiger partial charge in [0.25, 0.3) is 0 Å². The fraction of sp³-hybridized carbons (Fsp3) is 0.200. The van der Waals surface area contributed by atoms with E-state index in [0.29, 0.717) is 13.2 Å².